The van der Waals surface area contributed by atoms with E-state index in [1.165, 1.54) is 5.56 Å². The quantitative estimate of drug-likeness (QED) is 0.810. The molecule has 1 aromatic heterocycles. The first-order chi connectivity index (χ1) is 7.27. The molecule has 1 heterocycles. The summed E-state index contributed by atoms with van der Waals surface area (Å²) < 4.78 is 5.28. The van der Waals surface area contributed by atoms with Crippen LogP contribution in [0.3, 0.4) is 0 Å². The van der Waals surface area contributed by atoms with Crippen molar-refractivity contribution >= 4 is 10.9 Å². The second-order valence-corrected chi connectivity index (χ2v) is 3.48. The molecule has 1 aromatic carbocycles. The average Bonchev–Trinajstić information content (AvgIpc) is 2.28. The fraction of sp³-hybridized carbons (Fsp3) is 0.250. The van der Waals surface area contributed by atoms with Crippen molar-refractivity contribution in [3.05, 3.63) is 35.5 Å². The van der Waals surface area contributed by atoms with Crippen molar-refractivity contribution in [2.45, 2.75) is 13.5 Å². The molecule has 0 spiro atoms. The van der Waals surface area contributed by atoms with E-state index < -0.39 is 0 Å². The molecule has 0 bridgehead atoms. The van der Waals surface area contributed by atoms with Gasteiger partial charge in [-0.3, -0.25) is 4.98 Å². The molecule has 3 nitrogen and oxygen atoms in total. The molecule has 2 N–H and O–H groups in total. The number of hydrogen-bond donors (Lipinski definition) is 1. The predicted octanol–water partition coefficient (Wildman–Crippen LogP) is 2.01. The molecule has 0 aliphatic heterocycles. The Bertz CT molecular complexity index is 494. The van der Waals surface area contributed by atoms with E-state index in [4.69, 9.17) is 10.5 Å². The van der Waals surface area contributed by atoms with Crippen LogP contribution in [0.1, 0.15) is 11.1 Å². The lowest BCUT2D eigenvalue weighted by Gasteiger charge is -2.10. The zero-order chi connectivity index (χ0) is 10.8. The summed E-state index contributed by atoms with van der Waals surface area (Å²) in [6.45, 7) is 2.58. The lowest BCUT2D eigenvalue weighted by Crippen LogP contribution is -2.00. The number of aromatic nitrogens is 1. The number of ether oxygens (including phenoxy) is 1. The Labute approximate surface area is 88.9 Å². The van der Waals surface area contributed by atoms with Crippen LogP contribution in [0.25, 0.3) is 10.9 Å². The smallest absolute Gasteiger partial charge is 0.145 e. The Morgan fingerprint density at radius 3 is 2.80 bits per heavy atom. The van der Waals surface area contributed by atoms with Gasteiger partial charge in [0.1, 0.15) is 11.3 Å². The number of methoxy groups -OCH3 is 1. The maximum Gasteiger partial charge on any atom is 0.145 e. The molecule has 0 fully saturated rings. The van der Waals surface area contributed by atoms with Crippen LogP contribution in [0.2, 0.25) is 0 Å². The van der Waals surface area contributed by atoms with Gasteiger partial charge in [-0.15, -0.1) is 0 Å². The average molecular weight is 202 g/mol. The minimum atomic E-state index is 0.521. The van der Waals surface area contributed by atoms with Crippen LogP contribution in [0.4, 0.5) is 0 Å². The molecule has 0 aliphatic rings. The summed E-state index contributed by atoms with van der Waals surface area (Å²) >= 11 is 0. The Morgan fingerprint density at radius 2 is 2.13 bits per heavy atom. The number of nitrogens with zero attached hydrogens (tertiary/aromatic N) is 1. The molecule has 0 saturated carbocycles. The number of hydrogen-bond acceptors (Lipinski definition) is 3. The lowest BCUT2D eigenvalue weighted by molar-refractivity contribution is 0.419. The fourth-order valence-corrected chi connectivity index (χ4v) is 1.82. The van der Waals surface area contributed by atoms with Crippen molar-refractivity contribution in [2.24, 2.45) is 5.73 Å². The highest BCUT2D eigenvalue weighted by atomic mass is 16.5. The van der Waals surface area contributed by atoms with Gasteiger partial charge in [-0.2, -0.15) is 0 Å². The van der Waals surface area contributed by atoms with E-state index in [9.17, 15) is 0 Å². The molecule has 0 saturated heterocycles. The van der Waals surface area contributed by atoms with Gasteiger partial charge in [0.15, 0.2) is 0 Å². The molecule has 0 aliphatic carbocycles. The zero-order valence-electron chi connectivity index (χ0n) is 8.95. The normalized spacial score (nSPS) is 10.6. The summed E-state index contributed by atoms with van der Waals surface area (Å²) in [5, 5.41) is 1.11. The first-order valence-corrected chi connectivity index (χ1v) is 4.89. The van der Waals surface area contributed by atoms with Crippen LogP contribution in [0.5, 0.6) is 5.75 Å². The largest absolute Gasteiger partial charge is 0.494 e. The Morgan fingerprint density at radius 1 is 1.33 bits per heavy atom. The van der Waals surface area contributed by atoms with E-state index in [0.717, 1.165) is 22.2 Å². The molecule has 0 amide bonds. The fourth-order valence-electron chi connectivity index (χ4n) is 1.82. The van der Waals surface area contributed by atoms with Crippen molar-refractivity contribution in [1.29, 1.82) is 0 Å². The van der Waals surface area contributed by atoms with Crippen molar-refractivity contribution in [2.75, 3.05) is 7.11 Å². The maximum absolute atomic E-state index is 5.71. The number of fused-ring (bicyclic) bond motifs is 1. The third-order valence-electron chi connectivity index (χ3n) is 2.59. The van der Waals surface area contributed by atoms with Crippen LogP contribution in [0, 0.1) is 6.92 Å². The third kappa shape index (κ3) is 1.55. The number of aryl methyl sites for hydroxylation is 1. The van der Waals surface area contributed by atoms with Crippen LogP contribution >= 0.6 is 0 Å². The molecule has 2 rings (SSSR count). The Balaban J connectivity index is 2.86. The number of benzene rings is 1. The third-order valence-corrected chi connectivity index (χ3v) is 2.59. The minimum Gasteiger partial charge on any atom is -0.494 e. The van der Waals surface area contributed by atoms with E-state index >= 15 is 0 Å². The maximum atomic E-state index is 5.71. The van der Waals surface area contributed by atoms with Crippen LogP contribution in [-0.2, 0) is 6.54 Å². The molecule has 78 valence electrons. The van der Waals surface area contributed by atoms with E-state index in [0.29, 0.717) is 6.54 Å². The van der Waals surface area contributed by atoms with Gasteiger partial charge >= 0.3 is 0 Å². The Kier molecular flexibility index (Phi) is 2.56. The second kappa shape index (κ2) is 3.87. The van der Waals surface area contributed by atoms with Crippen molar-refractivity contribution in [3.8, 4) is 5.75 Å². The topological polar surface area (TPSA) is 48.1 Å². The number of pyridine rings is 1. The van der Waals surface area contributed by atoms with Gasteiger partial charge in [0.2, 0.25) is 0 Å². The molecule has 3 heteroatoms. The second-order valence-electron chi connectivity index (χ2n) is 3.48. The van der Waals surface area contributed by atoms with E-state index in [-0.39, 0.29) is 0 Å². The predicted molar refractivity (Wildman–Crippen MR) is 60.9 cm³/mol. The lowest BCUT2D eigenvalue weighted by atomic mass is 10.0. The van der Waals surface area contributed by atoms with Gasteiger partial charge < -0.3 is 10.5 Å². The van der Waals surface area contributed by atoms with Crippen LogP contribution in [0.15, 0.2) is 24.4 Å². The first kappa shape index (κ1) is 9.93. The van der Waals surface area contributed by atoms with Gasteiger partial charge in [-0.1, -0.05) is 6.07 Å². The van der Waals surface area contributed by atoms with Gasteiger partial charge in [0.05, 0.1) is 7.11 Å². The number of rotatable bonds is 2. The summed E-state index contributed by atoms with van der Waals surface area (Å²) in [4.78, 5) is 4.34. The van der Waals surface area contributed by atoms with Gasteiger partial charge in [-0.05, 0) is 30.2 Å². The molecular weight excluding hydrogens is 188 g/mol. The molecule has 2 aromatic rings. The summed E-state index contributed by atoms with van der Waals surface area (Å²) in [5.41, 5.74) is 8.88. The highest BCUT2D eigenvalue weighted by Crippen LogP contribution is 2.28. The number of nitrogens with two attached hydrogens (primary N) is 1. The summed E-state index contributed by atoms with van der Waals surface area (Å²) in [6, 6.07) is 5.90. The van der Waals surface area contributed by atoms with E-state index in [2.05, 4.69) is 11.9 Å². The van der Waals surface area contributed by atoms with Crippen molar-refractivity contribution in [3.63, 3.8) is 0 Å². The minimum absolute atomic E-state index is 0.521. The highest BCUT2D eigenvalue weighted by Gasteiger charge is 2.08. The molecular formula is C12H14N2O. The van der Waals surface area contributed by atoms with Crippen LogP contribution in [-0.4, -0.2) is 12.1 Å². The summed E-state index contributed by atoms with van der Waals surface area (Å²) in [7, 11) is 1.65. The molecule has 0 radical (unpaired) electrons. The molecule has 15 heavy (non-hydrogen) atoms. The van der Waals surface area contributed by atoms with Crippen molar-refractivity contribution in [1.82, 2.24) is 4.98 Å². The zero-order valence-corrected chi connectivity index (χ0v) is 8.95. The SMILES string of the molecule is COc1ccc(CN)c2c(C)ccnc12. The molecule has 0 atom stereocenters. The van der Waals surface area contributed by atoms with Gasteiger partial charge in [0.25, 0.3) is 0 Å². The van der Waals surface area contributed by atoms with Gasteiger partial charge in [0, 0.05) is 18.1 Å². The van der Waals surface area contributed by atoms with E-state index in [1.54, 1.807) is 13.3 Å². The standard InChI is InChI=1S/C12H14N2O/c1-8-5-6-14-12-10(15-2)4-3-9(7-13)11(8)12/h3-6H,7,13H2,1-2H3. The summed E-state index contributed by atoms with van der Waals surface area (Å²) in [6.07, 6.45) is 1.79. The van der Waals surface area contributed by atoms with E-state index in [1.807, 2.05) is 18.2 Å². The van der Waals surface area contributed by atoms with Crippen molar-refractivity contribution < 1.29 is 4.74 Å². The monoisotopic (exact) mass is 202 g/mol. The first-order valence-electron chi connectivity index (χ1n) is 4.89. The summed E-state index contributed by atoms with van der Waals surface area (Å²) in [5.74, 6) is 0.797. The molecule has 0 unspecified atom stereocenters. The van der Waals surface area contributed by atoms with Gasteiger partial charge in [-0.25, -0.2) is 0 Å². The van der Waals surface area contributed by atoms with Crippen LogP contribution < -0.4 is 10.5 Å². The highest BCUT2D eigenvalue weighted by molar-refractivity contribution is 5.90. The Hall–Kier alpha value is -1.61.